The second kappa shape index (κ2) is 15.7. The van der Waals surface area contributed by atoms with E-state index in [0.29, 0.717) is 29.1 Å². The highest BCUT2D eigenvalue weighted by Crippen LogP contribution is 2.55. The van der Waals surface area contributed by atoms with E-state index in [1.165, 1.54) is 15.9 Å². The average Bonchev–Trinajstić information content (AvgIpc) is 4.05. The first-order valence-electron chi connectivity index (χ1n) is 22.3. The molecule has 1 amide bonds. The number of aryl methyl sites for hydroxylation is 1. The lowest BCUT2D eigenvalue weighted by molar-refractivity contribution is -0.0649. The Morgan fingerprint density at radius 2 is 1.89 bits per heavy atom. The Morgan fingerprint density at radius 3 is 2.66 bits per heavy atom. The van der Waals surface area contributed by atoms with Crippen LogP contribution in [0.5, 0.6) is 0 Å². The van der Waals surface area contributed by atoms with E-state index in [4.69, 9.17) is 30.1 Å². The zero-order valence-electron chi connectivity index (χ0n) is 35.5. The topological polar surface area (TPSA) is 195 Å². The van der Waals surface area contributed by atoms with E-state index >= 15 is 0 Å². The lowest BCUT2D eigenvalue weighted by Gasteiger charge is -2.59. The summed E-state index contributed by atoms with van der Waals surface area (Å²) in [4.78, 5) is 39.2. The van der Waals surface area contributed by atoms with Gasteiger partial charge in [0.15, 0.2) is 5.76 Å². The summed E-state index contributed by atoms with van der Waals surface area (Å²) < 4.78 is 13.5. The molecule has 5 atom stereocenters. The standard InChI is InChI=1S/C44H55N13O3S/c1-27(2)38-43(25-56(38)42(58)57-26-48-34(21-46)51-57)12-4-5-15-54(24-43)35-19-32(49-41(50-35)55-17-8-16-53(22-28(55)3)29-11-18-59-23-29)37-30-9-6-13-44(39(30)60-52-37)14-7-10-33-36(44)31(20-45)40(47)61-33/h19,26-29,38H,4-18,22-25,47H2,1-3H3/t28?,29?,38?,43?,44-/m0/s1. The van der Waals surface area contributed by atoms with Crippen LogP contribution in [0, 0.1) is 34.0 Å². The number of thiophene rings is 1. The summed E-state index contributed by atoms with van der Waals surface area (Å²) in [6.07, 6.45) is 11.9. The third-order valence-electron chi connectivity index (χ3n) is 14.7. The summed E-state index contributed by atoms with van der Waals surface area (Å²) in [5.41, 5.74) is 10.1. The fourth-order valence-electron chi connectivity index (χ4n) is 12.1. The molecule has 2 N–H and O–H groups in total. The molecular weight excluding hydrogens is 791 g/mol. The van der Waals surface area contributed by atoms with E-state index in [1.807, 2.05) is 11.0 Å². The molecule has 8 heterocycles. The van der Waals surface area contributed by atoms with Crippen molar-refractivity contribution in [3.05, 3.63) is 45.5 Å². The third kappa shape index (κ3) is 6.66. The molecule has 2 spiro atoms. The van der Waals surface area contributed by atoms with E-state index in [9.17, 15) is 15.3 Å². The van der Waals surface area contributed by atoms with Crippen LogP contribution in [0.3, 0.4) is 0 Å². The number of anilines is 3. The Morgan fingerprint density at radius 1 is 1.03 bits per heavy atom. The number of hydrogen-bond donors (Lipinski definition) is 1. The minimum atomic E-state index is -0.435. The number of nitrogens with two attached hydrogens (primary N) is 1. The van der Waals surface area contributed by atoms with Crippen LogP contribution in [0.15, 0.2) is 16.9 Å². The van der Waals surface area contributed by atoms with Gasteiger partial charge in [-0.05, 0) is 82.6 Å². The number of nitrogen functional groups attached to an aromatic ring is 1. The van der Waals surface area contributed by atoms with Crippen molar-refractivity contribution in [1.82, 2.24) is 39.7 Å². The molecule has 320 valence electrons. The zero-order chi connectivity index (χ0) is 42.0. The van der Waals surface area contributed by atoms with Gasteiger partial charge in [0.2, 0.25) is 5.95 Å². The number of carbonyl (C=O) groups excluding carboxylic acids is 1. The van der Waals surface area contributed by atoms with Gasteiger partial charge in [0, 0.05) is 85.9 Å². The Bertz CT molecular complexity index is 2400. The first-order valence-corrected chi connectivity index (χ1v) is 23.1. The number of fused-ring (bicyclic) bond motifs is 4. The number of rotatable bonds is 5. The second-order valence-electron chi connectivity index (χ2n) is 18.7. The smallest absolute Gasteiger partial charge is 0.346 e. The highest BCUT2D eigenvalue weighted by Gasteiger charge is 2.57. The maximum atomic E-state index is 13.8. The van der Waals surface area contributed by atoms with Crippen molar-refractivity contribution in [2.24, 2.45) is 11.3 Å². The molecule has 0 saturated carbocycles. The highest BCUT2D eigenvalue weighted by molar-refractivity contribution is 7.16. The fraction of sp³-hybridized carbons (Fsp3) is 0.636. The molecule has 4 unspecified atom stereocenters. The molecule has 4 saturated heterocycles. The molecule has 17 heteroatoms. The van der Waals surface area contributed by atoms with Crippen LogP contribution in [0.2, 0.25) is 0 Å². The largest absolute Gasteiger partial charge is 0.389 e. The number of carbonyl (C=O) groups is 1. The number of nitrogens with zero attached hydrogens (tertiary/aromatic N) is 12. The number of amides is 1. The molecular formula is C44H55N13O3S. The molecule has 0 aromatic carbocycles. The Labute approximate surface area is 360 Å². The monoisotopic (exact) mass is 845 g/mol. The van der Waals surface area contributed by atoms with E-state index < -0.39 is 5.41 Å². The highest BCUT2D eigenvalue weighted by atomic mass is 32.1. The predicted octanol–water partition coefficient (Wildman–Crippen LogP) is 5.74. The number of ether oxygens (including phenoxy) is 1. The summed E-state index contributed by atoms with van der Waals surface area (Å²) in [5, 5.41) is 29.3. The summed E-state index contributed by atoms with van der Waals surface area (Å²) in [6.45, 7) is 13.2. The second-order valence-corrected chi connectivity index (χ2v) is 19.8. The van der Waals surface area contributed by atoms with Crippen molar-refractivity contribution in [3.63, 3.8) is 0 Å². The van der Waals surface area contributed by atoms with Crippen molar-refractivity contribution >= 4 is 34.1 Å². The van der Waals surface area contributed by atoms with Crippen LogP contribution in [0.4, 0.5) is 21.6 Å². The number of aromatic nitrogens is 6. The maximum Gasteiger partial charge on any atom is 0.346 e. The molecule has 6 aliphatic rings. The van der Waals surface area contributed by atoms with Crippen LogP contribution in [-0.2, 0) is 23.0 Å². The summed E-state index contributed by atoms with van der Waals surface area (Å²) in [5.74, 6) is 2.60. The molecule has 4 aliphatic heterocycles. The third-order valence-corrected chi connectivity index (χ3v) is 15.7. The van der Waals surface area contributed by atoms with Gasteiger partial charge in [-0.3, -0.25) is 4.90 Å². The molecule has 0 radical (unpaired) electrons. The van der Waals surface area contributed by atoms with Crippen LogP contribution < -0.4 is 15.5 Å². The van der Waals surface area contributed by atoms with Gasteiger partial charge in [0.1, 0.15) is 40.7 Å². The normalized spacial score (nSPS) is 28.0. The molecule has 16 nitrogen and oxygen atoms in total. The maximum absolute atomic E-state index is 13.8. The van der Waals surface area contributed by atoms with Gasteiger partial charge < -0.3 is 29.7 Å². The van der Waals surface area contributed by atoms with Gasteiger partial charge in [-0.1, -0.05) is 25.4 Å². The first-order chi connectivity index (χ1) is 29.6. The van der Waals surface area contributed by atoms with E-state index in [1.54, 1.807) is 11.3 Å². The minimum absolute atomic E-state index is 0.0187. The zero-order valence-corrected chi connectivity index (χ0v) is 36.3. The van der Waals surface area contributed by atoms with Crippen molar-refractivity contribution in [1.29, 1.82) is 10.5 Å². The van der Waals surface area contributed by atoms with E-state index in [-0.39, 0.29) is 35.3 Å². The van der Waals surface area contributed by atoms with E-state index in [2.05, 4.69) is 57.7 Å². The van der Waals surface area contributed by atoms with Gasteiger partial charge in [-0.25, -0.2) is 14.8 Å². The van der Waals surface area contributed by atoms with Gasteiger partial charge in [-0.15, -0.1) is 16.4 Å². The quantitative estimate of drug-likeness (QED) is 0.255. The lowest BCUT2D eigenvalue weighted by atomic mass is 9.63. The number of hydrogen-bond acceptors (Lipinski definition) is 15. The van der Waals surface area contributed by atoms with Gasteiger partial charge in [0.25, 0.3) is 5.82 Å². The SMILES string of the molecule is CC(C)C1N(C(=O)n2cnc(C#N)n2)CC12CCCCN(c1cc(-c3noc4c3CCC[C@@]43CCCc4sc(N)c(C#N)c43)nc(N3CCCN(C4CCOC4)CC3C)n1)C2. The van der Waals surface area contributed by atoms with Crippen molar-refractivity contribution in [3.8, 4) is 23.5 Å². The number of nitriles is 2. The van der Waals surface area contributed by atoms with Crippen LogP contribution in [0.1, 0.15) is 112 Å². The Kier molecular flexibility index (Phi) is 10.3. The summed E-state index contributed by atoms with van der Waals surface area (Å²) in [6, 6.07) is 6.83. The molecule has 10 rings (SSSR count). The lowest BCUT2D eigenvalue weighted by Crippen LogP contribution is -2.71. The molecule has 4 aromatic heterocycles. The fourth-order valence-corrected chi connectivity index (χ4v) is 13.3. The summed E-state index contributed by atoms with van der Waals surface area (Å²) in [7, 11) is 0. The predicted molar refractivity (Wildman–Crippen MR) is 229 cm³/mol. The number of likely N-dealkylation sites (tertiary alicyclic amines) is 1. The molecule has 4 fully saturated rings. The van der Waals surface area contributed by atoms with Crippen LogP contribution in [0.25, 0.3) is 11.4 Å². The molecule has 2 aliphatic carbocycles. The average molecular weight is 846 g/mol. The Hall–Kier alpha value is -5.10. The summed E-state index contributed by atoms with van der Waals surface area (Å²) >= 11 is 1.56. The van der Waals surface area contributed by atoms with Crippen molar-refractivity contribution in [2.45, 2.75) is 115 Å². The first kappa shape index (κ1) is 40.0. The molecule has 0 bridgehead atoms. The van der Waals surface area contributed by atoms with Crippen molar-refractivity contribution < 1.29 is 14.1 Å². The van der Waals surface area contributed by atoms with Crippen molar-refractivity contribution in [2.75, 3.05) is 68.0 Å². The van der Waals surface area contributed by atoms with Gasteiger partial charge >= 0.3 is 6.03 Å². The van der Waals surface area contributed by atoms with Crippen LogP contribution >= 0.6 is 11.3 Å². The van der Waals surface area contributed by atoms with Gasteiger partial charge in [-0.2, -0.15) is 20.2 Å². The minimum Gasteiger partial charge on any atom is -0.389 e. The Balaban J connectivity index is 1.04. The van der Waals surface area contributed by atoms with Gasteiger partial charge in [0.05, 0.1) is 17.6 Å². The van der Waals surface area contributed by atoms with E-state index in [0.717, 1.165) is 151 Å². The molecule has 61 heavy (non-hydrogen) atoms. The molecule has 4 aromatic rings. The van der Waals surface area contributed by atoms with Crippen LogP contribution in [-0.4, -0.2) is 116 Å².